The van der Waals surface area contributed by atoms with Crippen LogP contribution in [0.25, 0.3) is 0 Å². The molecule has 7 heteroatoms. The SMILES string of the molecule is O=C(NC1CCCCC1)C1C(=O)NC(Cc2ccccc2)C(=O)N1Cc1ccc(OCc2ccccc2)cc1. The fraction of sp³-hybridized carbons (Fsp3) is 0.344. The average molecular weight is 526 g/mol. The van der Waals surface area contributed by atoms with E-state index in [0.29, 0.717) is 18.8 Å². The Labute approximate surface area is 229 Å². The Morgan fingerprint density at radius 1 is 0.821 bits per heavy atom. The lowest BCUT2D eigenvalue weighted by atomic mass is 9.94. The van der Waals surface area contributed by atoms with Crippen LogP contribution in [0.5, 0.6) is 5.75 Å². The Kier molecular flexibility index (Phi) is 8.56. The number of carbonyl (C=O) groups is 3. The third kappa shape index (κ3) is 6.85. The highest BCUT2D eigenvalue weighted by molar-refractivity contribution is 6.10. The molecule has 2 N–H and O–H groups in total. The van der Waals surface area contributed by atoms with Gasteiger partial charge >= 0.3 is 0 Å². The largest absolute Gasteiger partial charge is 0.489 e. The first-order chi connectivity index (χ1) is 19.1. The minimum absolute atomic E-state index is 0.0408. The zero-order valence-electron chi connectivity index (χ0n) is 22.1. The van der Waals surface area contributed by atoms with Crippen LogP contribution in [0, 0.1) is 0 Å². The highest BCUT2D eigenvalue weighted by atomic mass is 16.5. The summed E-state index contributed by atoms with van der Waals surface area (Å²) in [5, 5.41) is 5.88. The molecular weight excluding hydrogens is 490 g/mol. The van der Waals surface area contributed by atoms with Crippen LogP contribution in [-0.2, 0) is 34.0 Å². The molecule has 0 aromatic heterocycles. The van der Waals surface area contributed by atoms with E-state index in [2.05, 4.69) is 10.6 Å². The second-order valence-corrected chi connectivity index (χ2v) is 10.4. The molecule has 39 heavy (non-hydrogen) atoms. The molecule has 1 saturated heterocycles. The van der Waals surface area contributed by atoms with Gasteiger partial charge < -0.3 is 20.3 Å². The topological polar surface area (TPSA) is 87.7 Å². The van der Waals surface area contributed by atoms with Gasteiger partial charge in [-0.3, -0.25) is 14.4 Å². The number of hydrogen-bond donors (Lipinski definition) is 2. The molecule has 1 aliphatic heterocycles. The lowest BCUT2D eigenvalue weighted by Gasteiger charge is -2.39. The average Bonchev–Trinajstić information content (AvgIpc) is 2.97. The van der Waals surface area contributed by atoms with Crippen molar-refractivity contribution in [2.75, 3.05) is 0 Å². The van der Waals surface area contributed by atoms with Crippen molar-refractivity contribution in [3.05, 3.63) is 102 Å². The molecule has 3 amide bonds. The summed E-state index contributed by atoms with van der Waals surface area (Å²) in [6, 6.07) is 25.1. The van der Waals surface area contributed by atoms with Crippen molar-refractivity contribution in [1.82, 2.24) is 15.5 Å². The second-order valence-electron chi connectivity index (χ2n) is 10.4. The molecular formula is C32H35N3O4. The monoisotopic (exact) mass is 525 g/mol. The van der Waals surface area contributed by atoms with E-state index in [0.717, 1.165) is 48.8 Å². The molecule has 5 rings (SSSR count). The van der Waals surface area contributed by atoms with Crippen LogP contribution >= 0.6 is 0 Å². The van der Waals surface area contributed by atoms with Crippen LogP contribution < -0.4 is 15.4 Å². The predicted molar refractivity (Wildman–Crippen MR) is 149 cm³/mol. The molecule has 3 aromatic carbocycles. The lowest BCUT2D eigenvalue weighted by Crippen LogP contribution is -2.67. The fourth-order valence-corrected chi connectivity index (χ4v) is 5.36. The summed E-state index contributed by atoms with van der Waals surface area (Å²) in [7, 11) is 0. The number of amides is 3. The van der Waals surface area contributed by atoms with E-state index in [-0.39, 0.29) is 18.5 Å². The lowest BCUT2D eigenvalue weighted by molar-refractivity contribution is -0.155. The van der Waals surface area contributed by atoms with E-state index < -0.39 is 23.9 Å². The first kappa shape index (κ1) is 26.5. The van der Waals surface area contributed by atoms with Gasteiger partial charge in [0.05, 0.1) is 0 Å². The molecule has 2 unspecified atom stereocenters. The van der Waals surface area contributed by atoms with Gasteiger partial charge in [-0.1, -0.05) is 92.1 Å². The number of rotatable bonds is 9. The maximum Gasteiger partial charge on any atom is 0.253 e. The van der Waals surface area contributed by atoms with Crippen molar-refractivity contribution in [2.45, 2.75) is 69.8 Å². The molecule has 1 aliphatic carbocycles. The molecule has 0 bridgehead atoms. The molecule has 2 aliphatic rings. The number of piperazine rings is 1. The van der Waals surface area contributed by atoms with E-state index in [4.69, 9.17) is 4.74 Å². The van der Waals surface area contributed by atoms with Crippen LogP contribution in [-0.4, -0.2) is 40.7 Å². The molecule has 2 atom stereocenters. The molecule has 1 heterocycles. The van der Waals surface area contributed by atoms with E-state index in [1.165, 1.54) is 4.90 Å². The first-order valence-corrected chi connectivity index (χ1v) is 13.8. The standard InChI is InChI=1S/C32H35N3O4/c36-30(33-26-14-8-3-9-15-26)29-31(37)34-28(20-23-10-4-1-5-11-23)32(38)35(29)21-24-16-18-27(19-17-24)39-22-25-12-6-2-7-13-25/h1-2,4-7,10-13,16-19,26,28-29H,3,8-9,14-15,20-22H2,(H,33,36)(H,34,37). The second kappa shape index (κ2) is 12.6. The minimum Gasteiger partial charge on any atom is -0.489 e. The zero-order chi connectivity index (χ0) is 27.0. The number of benzene rings is 3. The number of nitrogens with one attached hydrogen (secondary N) is 2. The number of hydrogen-bond acceptors (Lipinski definition) is 4. The van der Waals surface area contributed by atoms with E-state index in [1.807, 2.05) is 84.9 Å². The van der Waals surface area contributed by atoms with E-state index in [1.54, 1.807) is 0 Å². The van der Waals surface area contributed by atoms with Crippen molar-refractivity contribution in [3.8, 4) is 5.75 Å². The highest BCUT2D eigenvalue weighted by Crippen LogP contribution is 2.22. The summed E-state index contributed by atoms with van der Waals surface area (Å²) in [6.07, 6.45) is 5.44. The molecule has 0 spiro atoms. The molecule has 0 radical (unpaired) electrons. The van der Waals surface area contributed by atoms with Gasteiger partial charge in [-0.2, -0.15) is 0 Å². The van der Waals surface area contributed by atoms with Crippen LogP contribution in [0.3, 0.4) is 0 Å². The van der Waals surface area contributed by atoms with Crippen LogP contribution in [0.15, 0.2) is 84.9 Å². The Hall–Kier alpha value is -4.13. The van der Waals surface area contributed by atoms with Gasteiger partial charge in [-0.15, -0.1) is 0 Å². The zero-order valence-corrected chi connectivity index (χ0v) is 22.1. The molecule has 1 saturated carbocycles. The Morgan fingerprint density at radius 2 is 1.46 bits per heavy atom. The van der Waals surface area contributed by atoms with E-state index >= 15 is 0 Å². The summed E-state index contributed by atoms with van der Waals surface area (Å²) < 4.78 is 5.89. The predicted octanol–water partition coefficient (Wildman–Crippen LogP) is 4.15. The summed E-state index contributed by atoms with van der Waals surface area (Å²) in [5.74, 6) is -0.397. The Balaban J connectivity index is 1.32. The summed E-state index contributed by atoms with van der Waals surface area (Å²) in [6.45, 7) is 0.606. The third-order valence-electron chi connectivity index (χ3n) is 7.46. The van der Waals surface area contributed by atoms with Gasteiger partial charge in [0.1, 0.15) is 18.4 Å². The number of carbonyl (C=O) groups excluding carboxylic acids is 3. The third-order valence-corrected chi connectivity index (χ3v) is 7.46. The van der Waals surface area contributed by atoms with Crippen molar-refractivity contribution >= 4 is 17.7 Å². The van der Waals surface area contributed by atoms with Gasteiger partial charge in [0.2, 0.25) is 5.91 Å². The van der Waals surface area contributed by atoms with Crippen LogP contribution in [0.4, 0.5) is 0 Å². The van der Waals surface area contributed by atoms with Gasteiger partial charge in [-0.25, -0.2) is 0 Å². The van der Waals surface area contributed by atoms with E-state index in [9.17, 15) is 14.4 Å². The van der Waals surface area contributed by atoms with Crippen LogP contribution in [0.2, 0.25) is 0 Å². The molecule has 2 fully saturated rings. The summed E-state index contributed by atoms with van der Waals surface area (Å²) in [4.78, 5) is 41.8. The maximum absolute atomic E-state index is 13.7. The van der Waals surface area contributed by atoms with Crippen molar-refractivity contribution in [3.63, 3.8) is 0 Å². The summed E-state index contributed by atoms with van der Waals surface area (Å²) in [5.41, 5.74) is 2.84. The van der Waals surface area contributed by atoms with Crippen molar-refractivity contribution in [1.29, 1.82) is 0 Å². The maximum atomic E-state index is 13.7. The molecule has 7 nitrogen and oxygen atoms in total. The van der Waals surface area contributed by atoms with Crippen molar-refractivity contribution in [2.24, 2.45) is 0 Å². The highest BCUT2D eigenvalue weighted by Gasteiger charge is 2.44. The Bertz CT molecular complexity index is 1260. The van der Waals surface area contributed by atoms with Crippen LogP contribution in [0.1, 0.15) is 48.8 Å². The van der Waals surface area contributed by atoms with Gasteiger partial charge in [0.25, 0.3) is 11.8 Å². The van der Waals surface area contributed by atoms with Gasteiger partial charge in [0, 0.05) is 19.0 Å². The summed E-state index contributed by atoms with van der Waals surface area (Å²) >= 11 is 0. The number of nitrogens with zero attached hydrogens (tertiary/aromatic N) is 1. The van der Waals surface area contributed by atoms with Gasteiger partial charge in [-0.05, 0) is 41.7 Å². The minimum atomic E-state index is -1.21. The smallest absolute Gasteiger partial charge is 0.253 e. The van der Waals surface area contributed by atoms with Crippen molar-refractivity contribution < 1.29 is 19.1 Å². The quantitative estimate of drug-likeness (QED) is 0.411. The molecule has 202 valence electrons. The normalized spacial score (nSPS) is 19.8. The number of ether oxygens (including phenoxy) is 1. The molecule has 3 aromatic rings. The first-order valence-electron chi connectivity index (χ1n) is 13.8. The fourth-order valence-electron chi connectivity index (χ4n) is 5.36. The van der Waals surface area contributed by atoms with Gasteiger partial charge in [0.15, 0.2) is 6.04 Å². The Morgan fingerprint density at radius 3 is 2.13 bits per heavy atom.